The summed E-state index contributed by atoms with van der Waals surface area (Å²) in [5.74, 6) is -2.12. The summed E-state index contributed by atoms with van der Waals surface area (Å²) in [6.45, 7) is 0.751. The number of alkyl halides is 6. The van der Waals surface area contributed by atoms with Gasteiger partial charge in [-0.2, -0.15) is 31.4 Å². The first-order valence-electron chi connectivity index (χ1n) is 4.48. The summed E-state index contributed by atoms with van der Waals surface area (Å²) >= 11 is 0. The number of carboxylic acid groups (broad SMARTS) is 1. The third-order valence-electron chi connectivity index (χ3n) is 2.01. The molecule has 0 aromatic carbocycles. The average molecular weight is 276 g/mol. The van der Waals surface area contributed by atoms with E-state index in [1.807, 2.05) is 0 Å². The second kappa shape index (κ2) is 4.18. The lowest BCUT2D eigenvalue weighted by Gasteiger charge is -2.09. The molecule has 0 spiro atoms. The molecular formula is C8H6F6N2O2. The van der Waals surface area contributed by atoms with Crippen LogP contribution in [0.1, 0.15) is 28.7 Å². The van der Waals surface area contributed by atoms with Crippen molar-refractivity contribution in [2.45, 2.75) is 25.8 Å². The zero-order valence-corrected chi connectivity index (χ0v) is 8.72. The minimum atomic E-state index is -5.45. The van der Waals surface area contributed by atoms with Gasteiger partial charge in [0.15, 0.2) is 11.4 Å². The average Bonchev–Trinajstić information content (AvgIpc) is 2.54. The molecule has 0 aliphatic carbocycles. The van der Waals surface area contributed by atoms with Crippen LogP contribution in [0.3, 0.4) is 0 Å². The predicted molar refractivity (Wildman–Crippen MR) is 44.9 cm³/mol. The molecule has 1 rings (SSSR count). The molecule has 0 amide bonds. The van der Waals surface area contributed by atoms with Crippen molar-refractivity contribution in [3.05, 3.63) is 17.0 Å². The van der Waals surface area contributed by atoms with Crippen molar-refractivity contribution in [3.8, 4) is 0 Å². The van der Waals surface area contributed by atoms with Gasteiger partial charge in [-0.25, -0.2) is 4.79 Å². The van der Waals surface area contributed by atoms with Crippen LogP contribution in [0.25, 0.3) is 0 Å². The number of aryl methyl sites for hydroxylation is 1. The van der Waals surface area contributed by atoms with Gasteiger partial charge in [-0.3, -0.25) is 4.68 Å². The first-order valence-corrected chi connectivity index (χ1v) is 4.48. The summed E-state index contributed by atoms with van der Waals surface area (Å²) in [6.07, 6.45) is -10.8. The minimum Gasteiger partial charge on any atom is -0.477 e. The standard InChI is InChI=1S/C8H6F6N2O2/c1-2-16-4(6(17)18)3(7(9,10)11)5(15-16)8(12,13)14/h2H2,1H3,(H,17,18). The summed E-state index contributed by atoms with van der Waals surface area (Å²) < 4.78 is 75.0. The number of carbonyl (C=O) groups is 1. The van der Waals surface area contributed by atoms with Gasteiger partial charge in [-0.15, -0.1) is 0 Å². The second-order valence-electron chi connectivity index (χ2n) is 3.19. The zero-order chi connectivity index (χ0) is 14.3. The lowest BCUT2D eigenvalue weighted by atomic mass is 10.1. The predicted octanol–water partition coefficient (Wildman–Crippen LogP) is 2.64. The number of hydrogen-bond acceptors (Lipinski definition) is 2. The van der Waals surface area contributed by atoms with Crippen molar-refractivity contribution in [3.63, 3.8) is 0 Å². The largest absolute Gasteiger partial charge is 0.477 e. The molecule has 1 heterocycles. The van der Waals surface area contributed by atoms with Gasteiger partial charge in [-0.05, 0) is 6.92 Å². The Morgan fingerprint density at radius 2 is 1.72 bits per heavy atom. The number of aromatic carboxylic acids is 1. The Bertz CT molecular complexity index is 473. The number of hydrogen-bond donors (Lipinski definition) is 1. The van der Waals surface area contributed by atoms with Crippen LogP contribution in [0.5, 0.6) is 0 Å². The molecular weight excluding hydrogens is 270 g/mol. The molecule has 1 N–H and O–H groups in total. The maximum absolute atomic E-state index is 12.5. The Balaban J connectivity index is 3.70. The second-order valence-corrected chi connectivity index (χ2v) is 3.19. The van der Waals surface area contributed by atoms with E-state index in [1.165, 1.54) is 6.92 Å². The van der Waals surface area contributed by atoms with Gasteiger partial charge in [0.2, 0.25) is 0 Å². The maximum Gasteiger partial charge on any atom is 0.435 e. The Morgan fingerprint density at radius 3 is 2.00 bits per heavy atom. The Hall–Kier alpha value is -1.74. The number of aromatic nitrogens is 2. The fraction of sp³-hybridized carbons (Fsp3) is 0.500. The Kier molecular flexibility index (Phi) is 3.32. The molecule has 1 aromatic heterocycles. The molecule has 18 heavy (non-hydrogen) atoms. The SMILES string of the molecule is CCn1nc(C(F)(F)F)c(C(F)(F)F)c1C(=O)O. The zero-order valence-electron chi connectivity index (χ0n) is 8.72. The van der Waals surface area contributed by atoms with E-state index in [0.29, 0.717) is 0 Å². The smallest absolute Gasteiger partial charge is 0.435 e. The number of carboxylic acids is 1. The molecule has 0 atom stereocenters. The molecule has 0 bridgehead atoms. The van der Waals surface area contributed by atoms with Gasteiger partial charge < -0.3 is 5.11 Å². The molecule has 10 heteroatoms. The van der Waals surface area contributed by atoms with Crippen LogP contribution in [-0.4, -0.2) is 20.9 Å². The molecule has 0 saturated carbocycles. The van der Waals surface area contributed by atoms with E-state index in [-0.39, 0.29) is 4.68 Å². The highest BCUT2D eigenvalue weighted by molar-refractivity contribution is 5.88. The van der Waals surface area contributed by atoms with E-state index in [2.05, 4.69) is 5.10 Å². The Labute approximate surface area is 95.8 Å². The Morgan fingerprint density at radius 1 is 1.22 bits per heavy atom. The van der Waals surface area contributed by atoms with Gasteiger partial charge >= 0.3 is 18.3 Å². The monoisotopic (exact) mass is 276 g/mol. The van der Waals surface area contributed by atoms with Crippen molar-refractivity contribution < 1.29 is 36.2 Å². The van der Waals surface area contributed by atoms with Gasteiger partial charge in [0, 0.05) is 6.54 Å². The number of rotatable bonds is 2. The maximum atomic E-state index is 12.5. The summed E-state index contributed by atoms with van der Waals surface area (Å²) in [5, 5.41) is 11.3. The topological polar surface area (TPSA) is 55.1 Å². The van der Waals surface area contributed by atoms with Crippen molar-refractivity contribution in [2.75, 3.05) is 0 Å². The van der Waals surface area contributed by atoms with Crippen LogP contribution < -0.4 is 0 Å². The van der Waals surface area contributed by atoms with Crippen molar-refractivity contribution in [1.82, 2.24) is 9.78 Å². The molecule has 102 valence electrons. The summed E-state index contributed by atoms with van der Waals surface area (Å²) in [7, 11) is 0. The van der Waals surface area contributed by atoms with Crippen LogP contribution in [0.4, 0.5) is 26.3 Å². The molecule has 0 aliphatic heterocycles. The number of halogens is 6. The van der Waals surface area contributed by atoms with Gasteiger partial charge in [0.05, 0.1) is 0 Å². The van der Waals surface area contributed by atoms with E-state index in [9.17, 15) is 31.1 Å². The first-order chi connectivity index (χ1) is 8.00. The van der Waals surface area contributed by atoms with Crippen LogP contribution in [0, 0.1) is 0 Å². The van der Waals surface area contributed by atoms with Gasteiger partial charge in [-0.1, -0.05) is 0 Å². The molecule has 0 fully saturated rings. The van der Waals surface area contributed by atoms with E-state index in [4.69, 9.17) is 5.11 Å². The lowest BCUT2D eigenvalue weighted by molar-refractivity contribution is -0.164. The fourth-order valence-corrected chi connectivity index (χ4v) is 1.38. The molecule has 0 saturated heterocycles. The minimum absolute atomic E-state index is 0.161. The highest BCUT2D eigenvalue weighted by Gasteiger charge is 2.50. The molecule has 1 aromatic rings. The normalized spacial score (nSPS) is 12.8. The van der Waals surface area contributed by atoms with Crippen molar-refractivity contribution in [2.24, 2.45) is 0 Å². The third kappa shape index (κ3) is 2.41. The highest BCUT2D eigenvalue weighted by Crippen LogP contribution is 2.41. The molecule has 0 unspecified atom stereocenters. The van der Waals surface area contributed by atoms with Crippen molar-refractivity contribution in [1.29, 1.82) is 0 Å². The number of nitrogens with zero attached hydrogens (tertiary/aromatic N) is 2. The van der Waals surface area contributed by atoms with E-state index >= 15 is 0 Å². The van der Waals surface area contributed by atoms with Crippen LogP contribution in [-0.2, 0) is 18.9 Å². The third-order valence-corrected chi connectivity index (χ3v) is 2.01. The summed E-state index contributed by atoms with van der Waals surface area (Å²) in [6, 6.07) is 0. The van der Waals surface area contributed by atoms with Crippen molar-refractivity contribution >= 4 is 5.97 Å². The lowest BCUT2D eigenvalue weighted by Crippen LogP contribution is -2.18. The van der Waals surface area contributed by atoms with Crippen LogP contribution in [0.2, 0.25) is 0 Å². The van der Waals surface area contributed by atoms with E-state index in [0.717, 1.165) is 0 Å². The van der Waals surface area contributed by atoms with Gasteiger partial charge in [0.1, 0.15) is 5.56 Å². The fourth-order valence-electron chi connectivity index (χ4n) is 1.38. The summed E-state index contributed by atoms with van der Waals surface area (Å²) in [5.41, 5.74) is -6.03. The molecule has 4 nitrogen and oxygen atoms in total. The molecule has 0 radical (unpaired) electrons. The van der Waals surface area contributed by atoms with E-state index < -0.39 is 41.8 Å². The molecule has 0 aliphatic rings. The van der Waals surface area contributed by atoms with E-state index in [1.54, 1.807) is 0 Å². The van der Waals surface area contributed by atoms with Crippen LogP contribution >= 0.6 is 0 Å². The summed E-state index contributed by atoms with van der Waals surface area (Å²) in [4.78, 5) is 10.7. The quantitative estimate of drug-likeness (QED) is 0.845. The highest BCUT2D eigenvalue weighted by atomic mass is 19.4. The first kappa shape index (κ1) is 14.3. The van der Waals surface area contributed by atoms with Crippen LogP contribution in [0.15, 0.2) is 0 Å². The van der Waals surface area contributed by atoms with Gasteiger partial charge in [0.25, 0.3) is 0 Å².